The summed E-state index contributed by atoms with van der Waals surface area (Å²) in [5.41, 5.74) is 0.777. The van der Waals surface area contributed by atoms with E-state index in [1.807, 2.05) is 0 Å². The molecule has 0 saturated heterocycles. The van der Waals surface area contributed by atoms with Gasteiger partial charge in [-0.1, -0.05) is 0 Å². The smallest absolute Gasteiger partial charge is 0.150 e. The van der Waals surface area contributed by atoms with Crippen molar-refractivity contribution < 1.29 is 18.3 Å². The van der Waals surface area contributed by atoms with Crippen molar-refractivity contribution in [3.63, 3.8) is 0 Å². The monoisotopic (exact) mass is 440 g/mol. The highest BCUT2D eigenvalue weighted by atomic mass is 79.9. The highest BCUT2D eigenvalue weighted by Gasteiger charge is 2.30. The van der Waals surface area contributed by atoms with Crippen molar-refractivity contribution in [1.82, 2.24) is 0 Å². The number of hydrogen-bond acceptors (Lipinski definition) is 4. The van der Waals surface area contributed by atoms with Crippen LogP contribution in [0, 0.1) is 0 Å². The van der Waals surface area contributed by atoms with Gasteiger partial charge in [-0.3, -0.25) is 0 Å². The Labute approximate surface area is 142 Å². The largest absolute Gasteiger partial charge is 0.488 e. The molecule has 0 heterocycles. The predicted molar refractivity (Wildman–Crippen MR) is 89.3 cm³/mol. The molecule has 0 aliphatic heterocycles. The Balaban J connectivity index is 2.15. The van der Waals surface area contributed by atoms with E-state index in [1.165, 1.54) is 6.26 Å². The molecule has 1 aromatic carbocycles. The molecule has 0 spiro atoms. The first-order valence-corrected chi connectivity index (χ1v) is 10.3. The number of halogens is 2. The molecule has 1 N–H and O–H groups in total. The molecule has 4 nitrogen and oxygen atoms in total. The Hall–Kier alpha value is -0.110. The molecule has 0 radical (unpaired) electrons. The molecule has 0 bridgehead atoms. The van der Waals surface area contributed by atoms with Crippen LogP contribution in [0.15, 0.2) is 21.1 Å². The molecule has 0 aromatic heterocycles. The maximum atomic E-state index is 11.7. The molecule has 1 fully saturated rings. The summed E-state index contributed by atoms with van der Waals surface area (Å²) in [5, 5.41) is 8.86. The maximum Gasteiger partial charge on any atom is 0.150 e. The van der Waals surface area contributed by atoms with E-state index in [9.17, 15) is 13.5 Å². The summed E-state index contributed by atoms with van der Waals surface area (Å²) in [4.78, 5) is 0. The van der Waals surface area contributed by atoms with Crippen LogP contribution >= 0.6 is 31.9 Å². The molecular weight excluding hydrogens is 424 g/mol. The first-order chi connectivity index (χ1) is 9.81. The van der Waals surface area contributed by atoms with Crippen LogP contribution in [0.2, 0.25) is 0 Å². The molecule has 1 aliphatic rings. The minimum atomic E-state index is -3.02. The van der Waals surface area contributed by atoms with Crippen molar-refractivity contribution in [3.05, 3.63) is 26.6 Å². The van der Waals surface area contributed by atoms with E-state index in [-0.39, 0.29) is 18.0 Å². The van der Waals surface area contributed by atoms with Crippen molar-refractivity contribution in [2.75, 3.05) is 6.26 Å². The quantitative estimate of drug-likeness (QED) is 0.777. The van der Waals surface area contributed by atoms with Crippen LogP contribution < -0.4 is 4.74 Å². The maximum absolute atomic E-state index is 11.7. The molecule has 2 unspecified atom stereocenters. The number of benzene rings is 1. The molecular formula is C14H18Br2O4S. The number of sulfone groups is 1. The van der Waals surface area contributed by atoms with E-state index in [1.54, 1.807) is 12.1 Å². The van der Waals surface area contributed by atoms with Gasteiger partial charge in [0.1, 0.15) is 21.7 Å². The lowest BCUT2D eigenvalue weighted by Gasteiger charge is -2.29. The summed E-state index contributed by atoms with van der Waals surface area (Å²) >= 11 is 6.87. The number of aliphatic hydroxyl groups excluding tert-OH is 1. The Morgan fingerprint density at radius 2 is 1.90 bits per heavy atom. The molecule has 1 saturated carbocycles. The van der Waals surface area contributed by atoms with Gasteiger partial charge in [0, 0.05) is 12.7 Å². The van der Waals surface area contributed by atoms with Crippen LogP contribution in [0.1, 0.15) is 31.2 Å². The van der Waals surface area contributed by atoms with E-state index in [4.69, 9.17) is 4.74 Å². The summed E-state index contributed by atoms with van der Waals surface area (Å²) in [6.07, 6.45) is 4.14. The third kappa shape index (κ3) is 4.43. The second kappa shape index (κ2) is 6.98. The van der Waals surface area contributed by atoms with Crippen molar-refractivity contribution in [3.8, 4) is 5.75 Å². The van der Waals surface area contributed by atoms with Crippen LogP contribution in [-0.2, 0) is 16.4 Å². The minimum absolute atomic E-state index is 0.0446. The number of ether oxygens (including phenoxy) is 1. The van der Waals surface area contributed by atoms with Gasteiger partial charge in [-0.15, -0.1) is 0 Å². The van der Waals surface area contributed by atoms with Crippen molar-refractivity contribution in [2.45, 2.75) is 43.6 Å². The number of aliphatic hydroxyl groups is 1. The summed E-state index contributed by atoms with van der Waals surface area (Å²) in [6, 6.07) is 3.61. The average molecular weight is 442 g/mol. The molecule has 2 rings (SSSR count). The fourth-order valence-electron chi connectivity index (χ4n) is 2.58. The Bertz CT molecular complexity index is 592. The van der Waals surface area contributed by atoms with Crippen LogP contribution in [-0.4, -0.2) is 31.1 Å². The predicted octanol–water partition coefficient (Wildman–Crippen LogP) is 3.44. The Morgan fingerprint density at radius 1 is 1.29 bits per heavy atom. The van der Waals surface area contributed by atoms with Gasteiger partial charge in [0.05, 0.1) is 20.8 Å². The SMILES string of the molecule is CS(=O)(=O)C1CCCC(Oc2c(Br)cc(CO)cc2Br)C1. The Kier molecular flexibility index (Phi) is 5.73. The van der Waals surface area contributed by atoms with Crippen molar-refractivity contribution >= 4 is 41.7 Å². The summed E-state index contributed by atoms with van der Waals surface area (Å²) in [7, 11) is -3.02. The normalized spacial score (nSPS) is 23.0. The van der Waals surface area contributed by atoms with E-state index in [2.05, 4.69) is 31.9 Å². The van der Waals surface area contributed by atoms with Gasteiger partial charge >= 0.3 is 0 Å². The second-order valence-electron chi connectivity index (χ2n) is 5.40. The molecule has 1 aromatic rings. The fraction of sp³-hybridized carbons (Fsp3) is 0.571. The van der Waals surface area contributed by atoms with Crippen molar-refractivity contribution in [2.24, 2.45) is 0 Å². The van der Waals surface area contributed by atoms with Crippen LogP contribution in [0.4, 0.5) is 0 Å². The van der Waals surface area contributed by atoms with Crippen LogP contribution in [0.25, 0.3) is 0 Å². The third-order valence-electron chi connectivity index (χ3n) is 3.71. The summed E-state index contributed by atoms with van der Waals surface area (Å²) in [6.45, 7) is -0.0446. The van der Waals surface area contributed by atoms with Crippen molar-refractivity contribution in [1.29, 1.82) is 0 Å². The van der Waals surface area contributed by atoms with Gasteiger partial charge in [-0.05, 0) is 68.8 Å². The van der Waals surface area contributed by atoms with Gasteiger partial charge in [-0.25, -0.2) is 8.42 Å². The number of rotatable bonds is 4. The molecule has 21 heavy (non-hydrogen) atoms. The molecule has 1 aliphatic carbocycles. The van der Waals surface area contributed by atoms with Crippen LogP contribution in [0.3, 0.4) is 0 Å². The molecule has 2 atom stereocenters. The fourth-order valence-corrected chi connectivity index (χ4v) is 5.21. The van der Waals surface area contributed by atoms with Gasteiger partial charge in [0.2, 0.25) is 0 Å². The first kappa shape index (κ1) is 17.2. The summed E-state index contributed by atoms with van der Waals surface area (Å²) in [5.74, 6) is 0.659. The molecule has 0 amide bonds. The minimum Gasteiger partial charge on any atom is -0.488 e. The summed E-state index contributed by atoms with van der Waals surface area (Å²) < 4.78 is 30.9. The zero-order valence-electron chi connectivity index (χ0n) is 11.7. The number of hydrogen-bond donors (Lipinski definition) is 1. The van der Waals surface area contributed by atoms with Gasteiger partial charge in [0.25, 0.3) is 0 Å². The zero-order valence-corrected chi connectivity index (χ0v) is 15.7. The third-order valence-corrected chi connectivity index (χ3v) is 6.53. The average Bonchev–Trinajstić information content (AvgIpc) is 2.42. The van der Waals surface area contributed by atoms with E-state index in [0.29, 0.717) is 18.6 Å². The topological polar surface area (TPSA) is 63.6 Å². The van der Waals surface area contributed by atoms with Gasteiger partial charge < -0.3 is 9.84 Å². The highest BCUT2D eigenvalue weighted by Crippen LogP contribution is 2.37. The van der Waals surface area contributed by atoms with Gasteiger partial charge in [0.15, 0.2) is 0 Å². The van der Waals surface area contributed by atoms with E-state index >= 15 is 0 Å². The molecule has 7 heteroatoms. The second-order valence-corrected chi connectivity index (χ2v) is 9.44. The van der Waals surface area contributed by atoms with E-state index < -0.39 is 9.84 Å². The lowest BCUT2D eigenvalue weighted by molar-refractivity contribution is 0.154. The van der Waals surface area contributed by atoms with E-state index in [0.717, 1.165) is 27.4 Å². The highest BCUT2D eigenvalue weighted by molar-refractivity contribution is 9.11. The lowest BCUT2D eigenvalue weighted by atomic mass is 9.97. The lowest BCUT2D eigenvalue weighted by Crippen LogP contribution is -2.33. The van der Waals surface area contributed by atoms with Crippen LogP contribution in [0.5, 0.6) is 5.75 Å². The first-order valence-electron chi connectivity index (χ1n) is 6.75. The standard InChI is InChI=1S/C14H18Br2O4S/c1-21(18,19)11-4-2-3-10(7-11)20-14-12(15)5-9(8-17)6-13(14)16/h5-6,10-11,17H,2-4,7-8H2,1H3. The van der Waals surface area contributed by atoms with Gasteiger partial charge in [-0.2, -0.15) is 0 Å². The molecule has 118 valence electrons. The Morgan fingerprint density at radius 3 is 2.43 bits per heavy atom. The zero-order chi connectivity index (χ0) is 15.6.